The van der Waals surface area contributed by atoms with Crippen LogP contribution in [0.5, 0.6) is 0 Å². The highest BCUT2D eigenvalue weighted by Crippen LogP contribution is 2.09. The molecule has 0 saturated carbocycles. The van der Waals surface area contributed by atoms with Gasteiger partial charge in [0.25, 0.3) is 0 Å². The molecule has 1 N–H and O–H groups in total. The summed E-state index contributed by atoms with van der Waals surface area (Å²) >= 11 is 0. The number of hydrogen-bond donors (Lipinski definition) is 1. The average molecular weight is 339 g/mol. The zero-order valence-electron chi connectivity index (χ0n) is 15.3. The van der Waals surface area contributed by atoms with Crippen LogP contribution in [0.3, 0.4) is 0 Å². The Kier molecular flexibility index (Phi) is 8.32. The van der Waals surface area contributed by atoms with Crippen LogP contribution in [0.2, 0.25) is 0 Å². The summed E-state index contributed by atoms with van der Waals surface area (Å²) in [6.45, 7) is 8.02. The molecule has 0 bridgehead atoms. The minimum atomic E-state index is 0.0413. The predicted molar refractivity (Wildman–Crippen MR) is 96.3 cm³/mol. The largest absolute Gasteiger partial charge is 0.379 e. The first kappa shape index (κ1) is 19.0. The lowest BCUT2D eigenvalue weighted by Crippen LogP contribution is -2.45. The topological polar surface area (TPSA) is 60.4 Å². The number of likely N-dealkylation sites (tertiary alicyclic amines) is 1. The molecule has 2 heterocycles. The Morgan fingerprint density at radius 3 is 2.50 bits per heavy atom. The van der Waals surface area contributed by atoms with E-state index in [9.17, 15) is 4.79 Å². The lowest BCUT2D eigenvalue weighted by Gasteiger charge is -2.31. The Balaban J connectivity index is 1.78. The maximum Gasteiger partial charge on any atom is 0.243 e. The Morgan fingerprint density at radius 1 is 1.12 bits per heavy atom. The number of aliphatic imine (C=N–C) groups is 1. The van der Waals surface area contributed by atoms with Crippen molar-refractivity contribution in [1.82, 2.24) is 20.0 Å². The average Bonchev–Trinajstić information content (AvgIpc) is 2.62. The Labute approximate surface area is 146 Å². The fourth-order valence-electron chi connectivity index (χ4n) is 2.98. The molecule has 1 amide bonds. The lowest BCUT2D eigenvalue weighted by atomic mass is 10.1. The van der Waals surface area contributed by atoms with Crippen molar-refractivity contribution >= 4 is 11.9 Å². The highest BCUT2D eigenvalue weighted by Gasteiger charge is 2.16. The summed E-state index contributed by atoms with van der Waals surface area (Å²) in [4.78, 5) is 22.7. The molecule has 0 aromatic carbocycles. The molecule has 2 fully saturated rings. The number of piperidine rings is 1. The van der Waals surface area contributed by atoms with E-state index in [0.29, 0.717) is 0 Å². The molecule has 0 aliphatic carbocycles. The van der Waals surface area contributed by atoms with Crippen LogP contribution >= 0.6 is 0 Å². The second-order valence-electron chi connectivity index (χ2n) is 6.71. The van der Waals surface area contributed by atoms with Crippen molar-refractivity contribution in [2.24, 2.45) is 4.99 Å². The van der Waals surface area contributed by atoms with Gasteiger partial charge in [0, 0.05) is 46.8 Å². The number of likely N-dealkylation sites (N-methyl/N-ethyl adjacent to an activating group) is 1. The number of guanidine groups is 1. The quantitative estimate of drug-likeness (QED) is 0.426. The Hall–Kier alpha value is -1.34. The number of carbonyl (C=O) groups excluding carboxylic acids is 1. The summed E-state index contributed by atoms with van der Waals surface area (Å²) in [6, 6.07) is 0. The summed E-state index contributed by atoms with van der Waals surface area (Å²) in [7, 11) is 3.54. The van der Waals surface area contributed by atoms with Gasteiger partial charge < -0.3 is 19.9 Å². The van der Waals surface area contributed by atoms with E-state index in [-0.39, 0.29) is 12.5 Å². The number of ether oxygens (including phenoxy) is 1. The van der Waals surface area contributed by atoms with Crippen molar-refractivity contribution < 1.29 is 9.53 Å². The number of nitrogens with one attached hydrogen (secondary N) is 1. The molecule has 2 aliphatic rings. The summed E-state index contributed by atoms with van der Waals surface area (Å²) in [5.74, 6) is 0.937. The van der Waals surface area contributed by atoms with E-state index < -0.39 is 0 Å². The Bertz CT molecular complexity index is 402. The molecule has 0 spiro atoms. The highest BCUT2D eigenvalue weighted by atomic mass is 16.5. The van der Waals surface area contributed by atoms with Crippen molar-refractivity contribution in [2.75, 3.05) is 73.1 Å². The van der Waals surface area contributed by atoms with Gasteiger partial charge in [0.15, 0.2) is 5.96 Å². The van der Waals surface area contributed by atoms with Gasteiger partial charge in [-0.1, -0.05) is 0 Å². The third-order valence-electron chi connectivity index (χ3n) is 4.56. The summed E-state index contributed by atoms with van der Waals surface area (Å²) in [5, 5.41) is 3.47. The number of rotatable bonds is 6. The molecule has 138 valence electrons. The molecular formula is C17H33N5O2. The molecule has 0 aromatic heterocycles. The number of carbonyl (C=O) groups is 1. The number of hydrogen-bond acceptors (Lipinski definition) is 4. The highest BCUT2D eigenvalue weighted by molar-refractivity contribution is 5.84. The summed E-state index contributed by atoms with van der Waals surface area (Å²) in [5.41, 5.74) is 0. The predicted octanol–water partition coefficient (Wildman–Crippen LogP) is 0.228. The van der Waals surface area contributed by atoms with Crippen LogP contribution in [0, 0.1) is 0 Å². The fourth-order valence-corrected chi connectivity index (χ4v) is 2.98. The van der Waals surface area contributed by atoms with E-state index >= 15 is 0 Å². The first-order valence-corrected chi connectivity index (χ1v) is 9.20. The van der Waals surface area contributed by atoms with Crippen molar-refractivity contribution in [1.29, 1.82) is 0 Å². The standard InChI is InChI=1S/C17H33N5O2/c1-20(2)16(23)15-19-17(22-9-4-3-5-10-22)18-7-6-8-21-11-13-24-14-12-21/h3-15H2,1-2H3,(H,18,19). The van der Waals surface area contributed by atoms with E-state index in [1.807, 2.05) is 0 Å². The molecular weight excluding hydrogens is 306 g/mol. The van der Waals surface area contributed by atoms with Crippen LogP contribution in [0.25, 0.3) is 0 Å². The normalized spacial score (nSPS) is 20.1. The van der Waals surface area contributed by atoms with Crippen LogP contribution < -0.4 is 5.32 Å². The van der Waals surface area contributed by atoms with Gasteiger partial charge in [0.2, 0.25) is 5.91 Å². The van der Waals surface area contributed by atoms with Gasteiger partial charge in [0.1, 0.15) is 6.54 Å². The third-order valence-corrected chi connectivity index (χ3v) is 4.56. The summed E-state index contributed by atoms with van der Waals surface area (Å²) < 4.78 is 5.38. The molecule has 0 unspecified atom stereocenters. The monoisotopic (exact) mass is 339 g/mol. The van der Waals surface area contributed by atoms with Crippen molar-refractivity contribution in [3.8, 4) is 0 Å². The van der Waals surface area contributed by atoms with Gasteiger partial charge in [0.05, 0.1) is 13.2 Å². The van der Waals surface area contributed by atoms with Crippen molar-refractivity contribution in [3.05, 3.63) is 0 Å². The molecule has 0 atom stereocenters. The molecule has 24 heavy (non-hydrogen) atoms. The fraction of sp³-hybridized carbons (Fsp3) is 0.882. The van der Waals surface area contributed by atoms with E-state index in [4.69, 9.17) is 4.74 Å². The molecule has 2 saturated heterocycles. The van der Waals surface area contributed by atoms with Crippen LogP contribution in [0.15, 0.2) is 4.99 Å². The first-order valence-electron chi connectivity index (χ1n) is 9.20. The van der Waals surface area contributed by atoms with Gasteiger partial charge in [-0.15, -0.1) is 0 Å². The maximum absolute atomic E-state index is 11.8. The zero-order chi connectivity index (χ0) is 17.2. The molecule has 7 nitrogen and oxygen atoms in total. The zero-order valence-corrected chi connectivity index (χ0v) is 15.3. The second-order valence-corrected chi connectivity index (χ2v) is 6.71. The minimum absolute atomic E-state index is 0.0413. The van der Waals surface area contributed by atoms with Crippen LogP contribution in [0.4, 0.5) is 0 Å². The summed E-state index contributed by atoms with van der Waals surface area (Å²) in [6.07, 6.45) is 4.78. The van der Waals surface area contributed by atoms with Gasteiger partial charge in [-0.25, -0.2) is 4.99 Å². The van der Waals surface area contributed by atoms with E-state index in [1.54, 1.807) is 19.0 Å². The first-order chi connectivity index (χ1) is 11.7. The number of nitrogens with zero attached hydrogens (tertiary/aromatic N) is 4. The van der Waals surface area contributed by atoms with Gasteiger partial charge >= 0.3 is 0 Å². The Morgan fingerprint density at radius 2 is 1.83 bits per heavy atom. The van der Waals surface area contributed by atoms with E-state index in [2.05, 4.69) is 20.1 Å². The number of amides is 1. The molecule has 2 rings (SSSR count). The SMILES string of the molecule is CN(C)C(=O)CN=C(NCCCN1CCOCC1)N1CCCCC1. The van der Waals surface area contributed by atoms with Gasteiger partial charge in [-0.3, -0.25) is 9.69 Å². The second kappa shape index (κ2) is 10.5. The van der Waals surface area contributed by atoms with Gasteiger partial charge in [-0.2, -0.15) is 0 Å². The smallest absolute Gasteiger partial charge is 0.243 e. The van der Waals surface area contributed by atoms with Crippen LogP contribution in [-0.4, -0.2) is 99.7 Å². The molecule has 2 aliphatic heterocycles. The van der Waals surface area contributed by atoms with Gasteiger partial charge in [-0.05, 0) is 32.2 Å². The minimum Gasteiger partial charge on any atom is -0.379 e. The molecule has 0 aromatic rings. The van der Waals surface area contributed by atoms with E-state index in [1.165, 1.54) is 19.3 Å². The van der Waals surface area contributed by atoms with Crippen molar-refractivity contribution in [3.63, 3.8) is 0 Å². The molecule has 0 radical (unpaired) electrons. The maximum atomic E-state index is 11.8. The number of morpholine rings is 1. The molecule has 7 heteroatoms. The van der Waals surface area contributed by atoms with E-state index in [0.717, 1.165) is 64.9 Å². The van der Waals surface area contributed by atoms with Crippen LogP contribution in [0.1, 0.15) is 25.7 Å². The third kappa shape index (κ3) is 6.65. The van der Waals surface area contributed by atoms with Crippen molar-refractivity contribution in [2.45, 2.75) is 25.7 Å². The lowest BCUT2D eigenvalue weighted by molar-refractivity contribution is -0.127. The van der Waals surface area contributed by atoms with Crippen LogP contribution in [-0.2, 0) is 9.53 Å².